The molecule has 0 atom stereocenters. The van der Waals surface area contributed by atoms with Gasteiger partial charge in [-0.05, 0) is 43.2 Å². The van der Waals surface area contributed by atoms with Crippen molar-refractivity contribution in [3.05, 3.63) is 59.2 Å². The summed E-state index contributed by atoms with van der Waals surface area (Å²) < 4.78 is 0. The van der Waals surface area contributed by atoms with Crippen LogP contribution in [0.2, 0.25) is 0 Å². The molecule has 0 aliphatic heterocycles. The Morgan fingerprint density at radius 2 is 1.72 bits per heavy atom. The molecule has 0 fully saturated rings. The van der Waals surface area contributed by atoms with Gasteiger partial charge in [-0.3, -0.25) is 0 Å². The van der Waals surface area contributed by atoms with Crippen molar-refractivity contribution in [2.75, 3.05) is 11.9 Å². The molecule has 0 bridgehead atoms. The van der Waals surface area contributed by atoms with Gasteiger partial charge in [0.15, 0.2) is 0 Å². The van der Waals surface area contributed by atoms with Crippen molar-refractivity contribution in [3.63, 3.8) is 0 Å². The van der Waals surface area contributed by atoms with Gasteiger partial charge in [0.05, 0.1) is 11.3 Å². The lowest BCUT2D eigenvalue weighted by molar-refractivity contribution is 1.17. The summed E-state index contributed by atoms with van der Waals surface area (Å²) in [5.74, 6) is 0. The number of nitriles is 1. The van der Waals surface area contributed by atoms with E-state index in [1.54, 1.807) is 0 Å². The fraction of sp³-hybridized carbons (Fsp3) is 0.188. The summed E-state index contributed by atoms with van der Waals surface area (Å²) in [6, 6.07) is 16.3. The number of nitrogens with zero attached hydrogens (tertiary/aromatic N) is 2. The monoisotopic (exact) mass is 236 g/mol. The summed E-state index contributed by atoms with van der Waals surface area (Å²) in [6.07, 6.45) is 0. The molecule has 0 heterocycles. The molecule has 0 N–H and O–H groups in total. The average Bonchev–Trinajstić information content (AvgIpc) is 2.38. The first-order valence-corrected chi connectivity index (χ1v) is 5.93. The van der Waals surface area contributed by atoms with E-state index >= 15 is 0 Å². The molecule has 0 unspecified atom stereocenters. The van der Waals surface area contributed by atoms with Gasteiger partial charge in [-0.25, -0.2) is 0 Å². The Labute approximate surface area is 108 Å². The minimum Gasteiger partial charge on any atom is -0.343 e. The van der Waals surface area contributed by atoms with Gasteiger partial charge in [-0.15, -0.1) is 0 Å². The van der Waals surface area contributed by atoms with Crippen molar-refractivity contribution in [2.24, 2.45) is 0 Å². The molecule has 0 aromatic heterocycles. The number of para-hydroxylation sites is 1. The number of benzene rings is 2. The summed E-state index contributed by atoms with van der Waals surface area (Å²) in [7, 11) is 2.00. The third-order valence-electron chi connectivity index (χ3n) is 3.11. The fourth-order valence-corrected chi connectivity index (χ4v) is 2.08. The normalized spacial score (nSPS) is 9.89. The highest BCUT2D eigenvalue weighted by molar-refractivity contribution is 5.71. The Morgan fingerprint density at radius 1 is 1.00 bits per heavy atom. The molecule has 0 spiro atoms. The average molecular weight is 236 g/mol. The van der Waals surface area contributed by atoms with E-state index in [1.807, 2.05) is 44.3 Å². The molecular formula is C16H16N2. The Kier molecular flexibility index (Phi) is 3.34. The van der Waals surface area contributed by atoms with Crippen molar-refractivity contribution in [1.82, 2.24) is 0 Å². The molecule has 2 nitrogen and oxygen atoms in total. The summed E-state index contributed by atoms with van der Waals surface area (Å²) in [6.45, 7) is 4.12. The smallest absolute Gasteiger partial charge is 0.101 e. The van der Waals surface area contributed by atoms with E-state index in [-0.39, 0.29) is 0 Å². The molecule has 2 aromatic rings. The fourth-order valence-electron chi connectivity index (χ4n) is 2.08. The lowest BCUT2D eigenvalue weighted by Crippen LogP contribution is -2.12. The summed E-state index contributed by atoms with van der Waals surface area (Å²) in [5, 5.41) is 9.20. The van der Waals surface area contributed by atoms with Crippen LogP contribution in [0.15, 0.2) is 42.5 Å². The van der Waals surface area contributed by atoms with Crippen LogP contribution >= 0.6 is 0 Å². The van der Waals surface area contributed by atoms with Crippen molar-refractivity contribution >= 4 is 11.4 Å². The Morgan fingerprint density at radius 3 is 2.39 bits per heavy atom. The van der Waals surface area contributed by atoms with Crippen molar-refractivity contribution in [1.29, 1.82) is 5.26 Å². The molecule has 90 valence electrons. The van der Waals surface area contributed by atoms with Crippen LogP contribution in [0.25, 0.3) is 0 Å². The van der Waals surface area contributed by atoms with E-state index in [9.17, 15) is 5.26 Å². The molecule has 2 aromatic carbocycles. The van der Waals surface area contributed by atoms with Crippen LogP contribution in [0.3, 0.4) is 0 Å². The van der Waals surface area contributed by atoms with Crippen LogP contribution in [0.4, 0.5) is 11.4 Å². The predicted octanol–water partition coefficient (Wildman–Crippen LogP) is 3.94. The largest absolute Gasteiger partial charge is 0.343 e. The van der Waals surface area contributed by atoms with E-state index in [1.165, 1.54) is 5.56 Å². The van der Waals surface area contributed by atoms with E-state index in [2.05, 4.69) is 30.0 Å². The third kappa shape index (κ3) is 2.21. The van der Waals surface area contributed by atoms with Gasteiger partial charge in [0.25, 0.3) is 0 Å². The highest BCUT2D eigenvalue weighted by Gasteiger charge is 2.10. The van der Waals surface area contributed by atoms with Crippen molar-refractivity contribution in [2.45, 2.75) is 13.8 Å². The number of anilines is 2. The SMILES string of the molecule is Cc1ccc(C#N)c(N(C)c2ccccc2C)c1. The van der Waals surface area contributed by atoms with Crippen molar-refractivity contribution in [3.8, 4) is 6.07 Å². The molecule has 0 saturated carbocycles. The maximum atomic E-state index is 9.20. The third-order valence-corrected chi connectivity index (χ3v) is 3.11. The van der Waals surface area contributed by atoms with Crippen LogP contribution in [0.1, 0.15) is 16.7 Å². The van der Waals surface area contributed by atoms with Crippen LogP contribution in [0.5, 0.6) is 0 Å². The zero-order chi connectivity index (χ0) is 13.1. The summed E-state index contributed by atoms with van der Waals surface area (Å²) in [5.41, 5.74) is 5.13. The Balaban J connectivity index is 2.53. The number of aryl methyl sites for hydroxylation is 2. The molecule has 0 aliphatic carbocycles. The van der Waals surface area contributed by atoms with Gasteiger partial charge >= 0.3 is 0 Å². The van der Waals surface area contributed by atoms with Crippen LogP contribution in [-0.4, -0.2) is 7.05 Å². The first-order chi connectivity index (χ1) is 8.63. The molecule has 0 radical (unpaired) electrons. The second kappa shape index (κ2) is 4.93. The quantitative estimate of drug-likeness (QED) is 0.789. The van der Waals surface area contributed by atoms with E-state index in [4.69, 9.17) is 0 Å². The highest BCUT2D eigenvalue weighted by Crippen LogP contribution is 2.29. The molecule has 0 aliphatic rings. The highest BCUT2D eigenvalue weighted by atomic mass is 15.1. The minimum absolute atomic E-state index is 0.700. The molecule has 18 heavy (non-hydrogen) atoms. The van der Waals surface area contributed by atoms with Gasteiger partial charge < -0.3 is 4.90 Å². The van der Waals surface area contributed by atoms with Crippen molar-refractivity contribution < 1.29 is 0 Å². The van der Waals surface area contributed by atoms with Crippen LogP contribution in [0, 0.1) is 25.2 Å². The molecule has 0 saturated heterocycles. The van der Waals surface area contributed by atoms with Gasteiger partial charge in [-0.2, -0.15) is 5.26 Å². The van der Waals surface area contributed by atoms with Gasteiger partial charge in [-0.1, -0.05) is 24.3 Å². The first-order valence-electron chi connectivity index (χ1n) is 5.93. The number of hydrogen-bond acceptors (Lipinski definition) is 2. The second-order valence-electron chi connectivity index (χ2n) is 4.48. The lowest BCUT2D eigenvalue weighted by atomic mass is 10.1. The van der Waals surface area contributed by atoms with E-state index in [0.717, 1.165) is 16.9 Å². The number of rotatable bonds is 2. The van der Waals surface area contributed by atoms with E-state index < -0.39 is 0 Å². The Bertz CT molecular complexity index is 609. The molecule has 0 amide bonds. The van der Waals surface area contributed by atoms with Gasteiger partial charge in [0, 0.05) is 12.7 Å². The first kappa shape index (κ1) is 12.2. The zero-order valence-corrected chi connectivity index (χ0v) is 10.9. The summed E-state index contributed by atoms with van der Waals surface area (Å²) in [4.78, 5) is 2.07. The minimum atomic E-state index is 0.700. The predicted molar refractivity (Wildman–Crippen MR) is 75.1 cm³/mol. The van der Waals surface area contributed by atoms with Gasteiger partial charge in [0.2, 0.25) is 0 Å². The summed E-state index contributed by atoms with van der Waals surface area (Å²) >= 11 is 0. The second-order valence-corrected chi connectivity index (χ2v) is 4.48. The lowest BCUT2D eigenvalue weighted by Gasteiger charge is -2.23. The standard InChI is InChI=1S/C16H16N2/c1-12-8-9-14(11-17)16(10-12)18(3)15-7-5-4-6-13(15)2/h4-10H,1-3H3. The Hall–Kier alpha value is -2.27. The topological polar surface area (TPSA) is 27.0 Å². The maximum absolute atomic E-state index is 9.20. The molecular weight excluding hydrogens is 220 g/mol. The number of hydrogen-bond donors (Lipinski definition) is 0. The van der Waals surface area contributed by atoms with Crippen LogP contribution < -0.4 is 4.90 Å². The maximum Gasteiger partial charge on any atom is 0.101 e. The molecule has 2 rings (SSSR count). The van der Waals surface area contributed by atoms with E-state index in [0.29, 0.717) is 5.56 Å². The zero-order valence-electron chi connectivity index (χ0n) is 10.9. The van der Waals surface area contributed by atoms with Gasteiger partial charge in [0.1, 0.15) is 6.07 Å². The molecule has 2 heteroatoms. The van der Waals surface area contributed by atoms with Crippen LogP contribution in [-0.2, 0) is 0 Å².